The highest BCUT2D eigenvalue weighted by molar-refractivity contribution is 9.10. The number of carbonyl (C=O) groups is 4. The Morgan fingerprint density at radius 3 is 2.57 bits per heavy atom. The fourth-order valence-electron chi connectivity index (χ4n) is 6.52. The number of ketones is 1. The van der Waals surface area contributed by atoms with Crippen LogP contribution in [-0.4, -0.2) is 73.2 Å². The molecule has 0 unspecified atom stereocenters. The number of methoxy groups -OCH3 is 1. The molecule has 5 rings (SSSR count). The molecule has 0 fully saturated rings. The molecule has 290 valence electrons. The van der Waals surface area contributed by atoms with Gasteiger partial charge in [-0.15, -0.1) is 0 Å². The van der Waals surface area contributed by atoms with Gasteiger partial charge < -0.3 is 28.7 Å². The molecule has 0 radical (unpaired) electrons. The van der Waals surface area contributed by atoms with Crippen LogP contribution < -0.4 is 15.4 Å². The Morgan fingerprint density at radius 1 is 1.13 bits per heavy atom. The summed E-state index contributed by atoms with van der Waals surface area (Å²) >= 11 is 9.27. The highest BCUT2D eigenvalue weighted by Gasteiger charge is 2.36. The predicted molar refractivity (Wildman–Crippen MR) is 205 cm³/mol. The van der Waals surface area contributed by atoms with Gasteiger partial charge in [0.2, 0.25) is 11.8 Å². The quantitative estimate of drug-likeness (QED) is 0.103. The molecule has 2 aliphatic heterocycles. The Morgan fingerprint density at radius 2 is 1.87 bits per heavy atom. The van der Waals surface area contributed by atoms with Crippen LogP contribution in [0.3, 0.4) is 0 Å². The molecule has 2 N–H and O–H groups in total. The number of hydrogen-bond acceptors (Lipinski definition) is 10. The molecular weight excluding hydrogens is 810 g/mol. The maximum absolute atomic E-state index is 15.1. The van der Waals surface area contributed by atoms with Crippen molar-refractivity contribution >= 4 is 70.2 Å². The van der Waals surface area contributed by atoms with Crippen molar-refractivity contribution in [1.29, 1.82) is 0 Å². The topological polar surface area (TPSA) is 162 Å². The predicted octanol–water partition coefficient (Wildman–Crippen LogP) is 8.58. The lowest BCUT2D eigenvalue weighted by Gasteiger charge is -2.33. The van der Waals surface area contributed by atoms with Crippen LogP contribution in [0, 0.1) is 11.7 Å². The zero-order valence-corrected chi connectivity index (χ0v) is 33.6. The molecule has 0 spiro atoms. The highest BCUT2D eigenvalue weighted by atomic mass is 79.9. The molecule has 13 nitrogen and oxygen atoms in total. The number of benzene rings is 2. The Balaban J connectivity index is 1.65. The Bertz CT molecular complexity index is 1980. The summed E-state index contributed by atoms with van der Waals surface area (Å²) in [6, 6.07) is 8.78. The molecule has 54 heavy (non-hydrogen) atoms. The monoisotopic (exact) mass is 850 g/mol. The van der Waals surface area contributed by atoms with Crippen molar-refractivity contribution in [3.8, 4) is 16.9 Å². The maximum Gasteiger partial charge on any atom is 0.411 e. The van der Waals surface area contributed by atoms with E-state index in [-0.39, 0.29) is 47.1 Å². The van der Waals surface area contributed by atoms with Gasteiger partial charge in [-0.2, -0.15) is 0 Å². The molecule has 3 aromatic rings. The number of nitrogens with zero attached hydrogens (tertiary/aromatic N) is 2. The van der Waals surface area contributed by atoms with Gasteiger partial charge in [0.15, 0.2) is 11.6 Å². The number of aromatic nitrogens is 1. The molecule has 2 atom stereocenters. The van der Waals surface area contributed by atoms with Gasteiger partial charge in [0.1, 0.15) is 11.9 Å². The summed E-state index contributed by atoms with van der Waals surface area (Å²) in [7, 11) is -2.67. The minimum Gasteiger partial charge on any atom is -0.491 e. The van der Waals surface area contributed by atoms with E-state index in [1.807, 2.05) is 0 Å². The summed E-state index contributed by atoms with van der Waals surface area (Å²) in [5, 5.41) is 5.41. The Kier molecular flexibility index (Phi) is 13.9. The smallest absolute Gasteiger partial charge is 0.411 e. The average molecular weight is 852 g/mol. The summed E-state index contributed by atoms with van der Waals surface area (Å²) in [5.74, 6) is -2.38. The standard InChI is InChI=1S/C37H42BrClFN4O9P/c1-5-52-54(49,53-6-2)20-32(46)44(16-14-31(45)33-25(38)12-13-26(39)34(33)40)30-9-7-8-21(3)36(47)43-28-18-22(41-37(48)50-4)10-11-23(28)24-19-29(30)42-27-15-17-51-35(24)27/h10-13,18-19,21,30H,5-9,14-17,20H2,1-4H3,(H,41,48)(H,43,47)/t21-,30+/m1/s1. The molecule has 17 heteroatoms. The van der Waals surface area contributed by atoms with Crippen LogP contribution in [0.25, 0.3) is 11.1 Å². The lowest BCUT2D eigenvalue weighted by molar-refractivity contribution is -0.131. The van der Waals surface area contributed by atoms with E-state index in [0.717, 1.165) is 0 Å². The van der Waals surface area contributed by atoms with Gasteiger partial charge >= 0.3 is 13.7 Å². The third kappa shape index (κ3) is 9.49. The number of amides is 3. The van der Waals surface area contributed by atoms with E-state index < -0.39 is 49.3 Å². The molecule has 0 saturated carbocycles. The second kappa shape index (κ2) is 18.2. The van der Waals surface area contributed by atoms with Crippen LogP contribution in [0.5, 0.6) is 5.75 Å². The lowest BCUT2D eigenvalue weighted by atomic mass is 9.93. The van der Waals surface area contributed by atoms with E-state index in [1.54, 1.807) is 45.0 Å². The zero-order chi connectivity index (χ0) is 39.2. The van der Waals surface area contributed by atoms with E-state index in [2.05, 4.69) is 26.6 Å². The SMILES string of the molecule is CCOP(=O)(CC(=O)N(CCC(=O)c1c(Br)ccc(Cl)c1F)[C@H]1CCC[C@@H](C)C(=O)Nc2cc(NC(=O)OC)ccc2-c2cc1nc1c2OCC1)OCC. The van der Waals surface area contributed by atoms with Crippen LogP contribution in [0.15, 0.2) is 40.9 Å². The van der Waals surface area contributed by atoms with Gasteiger partial charge in [0.05, 0.1) is 60.6 Å². The first-order valence-electron chi connectivity index (χ1n) is 17.6. The third-order valence-electron chi connectivity index (χ3n) is 9.13. The van der Waals surface area contributed by atoms with Gasteiger partial charge in [-0.25, -0.2) is 9.18 Å². The van der Waals surface area contributed by atoms with Crippen molar-refractivity contribution in [3.63, 3.8) is 0 Å². The minimum atomic E-state index is -3.92. The molecule has 0 aliphatic carbocycles. The average Bonchev–Trinajstić information content (AvgIpc) is 3.61. The molecule has 2 aliphatic rings. The van der Waals surface area contributed by atoms with Gasteiger partial charge in [-0.05, 0) is 73.0 Å². The van der Waals surface area contributed by atoms with Crippen LogP contribution in [-0.2, 0) is 34.4 Å². The van der Waals surface area contributed by atoms with Crippen molar-refractivity contribution in [2.75, 3.05) is 50.3 Å². The van der Waals surface area contributed by atoms with Crippen LogP contribution in [0.1, 0.15) is 74.2 Å². The van der Waals surface area contributed by atoms with Crippen LogP contribution in [0.4, 0.5) is 20.6 Å². The van der Waals surface area contributed by atoms with Gasteiger partial charge in [0.25, 0.3) is 0 Å². The third-order valence-corrected chi connectivity index (χ3v) is 12.0. The number of carbonyl (C=O) groups excluding carboxylic acids is 4. The van der Waals surface area contributed by atoms with Crippen molar-refractivity contribution in [2.24, 2.45) is 5.92 Å². The Hall–Kier alpha value is -3.88. The molecule has 1 aromatic heterocycles. The normalized spacial score (nSPS) is 16.8. The second-order valence-corrected chi connectivity index (χ2v) is 16.1. The molecule has 2 bridgehead atoms. The largest absolute Gasteiger partial charge is 0.491 e. The number of halogens is 3. The summed E-state index contributed by atoms with van der Waals surface area (Å²) in [5.41, 5.74) is 2.75. The molecule has 3 amide bonds. The summed E-state index contributed by atoms with van der Waals surface area (Å²) < 4.78 is 50.8. The Labute approximate surface area is 326 Å². The fourth-order valence-corrected chi connectivity index (χ4v) is 8.76. The summed E-state index contributed by atoms with van der Waals surface area (Å²) in [6.07, 6.45) is 0.00608. The minimum absolute atomic E-state index is 0.0283. The summed E-state index contributed by atoms with van der Waals surface area (Å²) in [6.45, 7) is 5.24. The number of nitrogens with one attached hydrogen (secondary N) is 2. The number of Topliss-reactive ketones (excluding diaryl/α,β-unsaturated/α-hetero) is 1. The van der Waals surface area contributed by atoms with E-state index in [4.69, 9.17) is 35.1 Å². The molecule has 3 heterocycles. The van der Waals surface area contributed by atoms with Gasteiger partial charge in [0, 0.05) is 46.6 Å². The lowest BCUT2D eigenvalue weighted by Crippen LogP contribution is -2.39. The van der Waals surface area contributed by atoms with Crippen LogP contribution in [0.2, 0.25) is 5.02 Å². The first kappa shape index (κ1) is 41.3. The maximum atomic E-state index is 15.1. The summed E-state index contributed by atoms with van der Waals surface area (Å²) in [4.78, 5) is 60.1. The molecular formula is C37H42BrClFN4O9P. The number of fused-ring (bicyclic) bond motifs is 6. The van der Waals surface area contributed by atoms with Crippen LogP contribution >= 0.6 is 35.1 Å². The number of rotatable bonds is 12. The molecule has 0 saturated heterocycles. The first-order chi connectivity index (χ1) is 25.8. The first-order valence-corrected chi connectivity index (χ1v) is 20.5. The van der Waals surface area contributed by atoms with Gasteiger partial charge in [-0.1, -0.05) is 31.0 Å². The van der Waals surface area contributed by atoms with E-state index >= 15 is 4.39 Å². The van der Waals surface area contributed by atoms with E-state index in [0.29, 0.717) is 71.9 Å². The number of hydrogen-bond donors (Lipinski definition) is 2. The zero-order valence-electron chi connectivity index (χ0n) is 30.3. The number of ether oxygens (including phenoxy) is 2. The number of pyridine rings is 1. The molecule has 2 aromatic carbocycles. The van der Waals surface area contributed by atoms with E-state index in [1.165, 1.54) is 24.1 Å². The van der Waals surface area contributed by atoms with Gasteiger partial charge in [-0.3, -0.25) is 29.2 Å². The van der Waals surface area contributed by atoms with Crippen molar-refractivity contribution in [3.05, 3.63) is 68.7 Å². The number of anilines is 2. The van der Waals surface area contributed by atoms with Crippen molar-refractivity contribution in [2.45, 2.75) is 58.9 Å². The van der Waals surface area contributed by atoms with Crippen molar-refractivity contribution < 1.29 is 46.7 Å². The fraction of sp³-hybridized carbons (Fsp3) is 0.432. The second-order valence-electron chi connectivity index (χ2n) is 12.8. The highest BCUT2D eigenvalue weighted by Crippen LogP contribution is 2.49. The van der Waals surface area contributed by atoms with E-state index in [9.17, 15) is 23.7 Å². The van der Waals surface area contributed by atoms with Crippen molar-refractivity contribution in [1.82, 2.24) is 9.88 Å².